The first kappa shape index (κ1) is 17.7. The van der Waals surface area contributed by atoms with E-state index < -0.39 is 15.4 Å². The molecule has 0 aliphatic heterocycles. The maximum absolute atomic E-state index is 12.5. The van der Waals surface area contributed by atoms with Crippen LogP contribution in [0.3, 0.4) is 0 Å². The van der Waals surface area contributed by atoms with Crippen molar-refractivity contribution in [2.45, 2.75) is 45.4 Å². The van der Waals surface area contributed by atoms with Crippen molar-refractivity contribution in [3.63, 3.8) is 0 Å². The van der Waals surface area contributed by atoms with Crippen LogP contribution in [0.1, 0.15) is 39.2 Å². The van der Waals surface area contributed by atoms with E-state index in [-0.39, 0.29) is 16.6 Å². The molecule has 126 valence electrons. The summed E-state index contributed by atoms with van der Waals surface area (Å²) in [5, 5.41) is 3.86. The minimum Gasteiger partial charge on any atom is -0.298 e. The Labute approximate surface area is 138 Å². The maximum Gasteiger partial charge on any atom is 0.276 e. The molecule has 1 fully saturated rings. The van der Waals surface area contributed by atoms with E-state index in [1.54, 1.807) is 12.1 Å². The van der Waals surface area contributed by atoms with Crippen LogP contribution in [0.4, 0.5) is 0 Å². The maximum atomic E-state index is 12.5. The number of rotatable bonds is 5. The summed E-state index contributed by atoms with van der Waals surface area (Å²) < 4.78 is 24.3. The van der Waals surface area contributed by atoms with Crippen LogP contribution >= 0.6 is 0 Å². The van der Waals surface area contributed by atoms with Gasteiger partial charge in [0.1, 0.15) is 5.78 Å². The zero-order valence-corrected chi connectivity index (χ0v) is 14.9. The third-order valence-electron chi connectivity index (χ3n) is 4.53. The van der Waals surface area contributed by atoms with Crippen molar-refractivity contribution >= 4 is 22.0 Å². The summed E-state index contributed by atoms with van der Waals surface area (Å²) in [5.41, 5.74) is 0.293. The summed E-state index contributed by atoms with van der Waals surface area (Å²) in [5.74, 6) is 0.466. The molecule has 1 saturated carbocycles. The summed E-state index contributed by atoms with van der Waals surface area (Å²) >= 11 is 0. The van der Waals surface area contributed by atoms with Crippen molar-refractivity contribution < 1.29 is 13.2 Å². The van der Waals surface area contributed by atoms with Gasteiger partial charge in [0, 0.05) is 12.1 Å². The number of sulfonamides is 1. The molecular weight excluding hydrogens is 312 g/mol. The second-order valence-corrected chi connectivity index (χ2v) is 8.50. The molecule has 1 aliphatic carbocycles. The minimum absolute atomic E-state index is 0.0279. The second kappa shape index (κ2) is 6.43. The minimum atomic E-state index is -3.70. The number of carbonyl (C=O) groups excluding carboxylic acids is 1. The average Bonchev–Trinajstić information content (AvgIpc) is 2.75. The quantitative estimate of drug-likeness (QED) is 0.663. The Morgan fingerprint density at radius 2 is 1.91 bits per heavy atom. The molecule has 6 heteroatoms. The fourth-order valence-electron chi connectivity index (χ4n) is 2.91. The first-order valence-electron chi connectivity index (χ1n) is 7.83. The number of nitrogens with zero attached hydrogens (tertiary/aromatic N) is 1. The van der Waals surface area contributed by atoms with Crippen molar-refractivity contribution in [2.75, 3.05) is 0 Å². The number of hydrogen-bond donors (Lipinski definition) is 1. The molecule has 1 N–H and O–H groups in total. The predicted octanol–water partition coefficient (Wildman–Crippen LogP) is 2.90. The van der Waals surface area contributed by atoms with E-state index in [0.29, 0.717) is 12.3 Å². The highest BCUT2D eigenvalue weighted by Crippen LogP contribution is 2.40. The van der Waals surface area contributed by atoms with Crippen molar-refractivity contribution in [3.05, 3.63) is 29.8 Å². The molecule has 0 amide bonds. The van der Waals surface area contributed by atoms with Gasteiger partial charge in [-0.05, 0) is 44.7 Å². The number of hydrogen-bond acceptors (Lipinski definition) is 4. The topological polar surface area (TPSA) is 75.6 Å². The molecule has 2 rings (SSSR count). The standard InChI is InChI=1S/C17H24N2O3S/c1-12(2)15-9-10-17(4,16(15)20)11-18-19-23(21,22)14-7-5-13(3)6-8-14/h5-8,11-12,15,19H,9-10H2,1-4H3/b18-11+/t15-,17-/m1/s1. The highest BCUT2D eigenvalue weighted by atomic mass is 32.2. The molecule has 1 aromatic rings. The lowest BCUT2D eigenvalue weighted by atomic mass is 9.85. The Hall–Kier alpha value is -1.69. The van der Waals surface area contributed by atoms with Gasteiger partial charge in [0.25, 0.3) is 10.0 Å². The van der Waals surface area contributed by atoms with E-state index in [0.717, 1.165) is 12.0 Å². The molecule has 0 saturated heterocycles. The summed E-state index contributed by atoms with van der Waals surface area (Å²) in [6.45, 7) is 7.78. The van der Waals surface area contributed by atoms with Crippen LogP contribution in [0.2, 0.25) is 0 Å². The molecule has 0 aromatic heterocycles. The zero-order valence-electron chi connectivity index (χ0n) is 14.0. The molecule has 1 aromatic carbocycles. The number of benzene rings is 1. The van der Waals surface area contributed by atoms with Crippen LogP contribution in [-0.2, 0) is 14.8 Å². The van der Waals surface area contributed by atoms with Gasteiger partial charge < -0.3 is 0 Å². The number of aryl methyl sites for hydroxylation is 1. The molecule has 0 spiro atoms. The van der Waals surface area contributed by atoms with Gasteiger partial charge in [0.2, 0.25) is 0 Å². The number of carbonyl (C=O) groups is 1. The van der Waals surface area contributed by atoms with Gasteiger partial charge in [-0.1, -0.05) is 31.5 Å². The Balaban J connectivity index is 2.09. The van der Waals surface area contributed by atoms with Crippen LogP contribution in [0.25, 0.3) is 0 Å². The highest BCUT2D eigenvalue weighted by molar-refractivity contribution is 7.89. The normalized spacial score (nSPS) is 25.4. The molecule has 2 atom stereocenters. The van der Waals surface area contributed by atoms with E-state index >= 15 is 0 Å². The van der Waals surface area contributed by atoms with Crippen molar-refractivity contribution in [3.8, 4) is 0 Å². The number of nitrogens with one attached hydrogen (secondary N) is 1. The fourth-order valence-corrected chi connectivity index (χ4v) is 3.70. The van der Waals surface area contributed by atoms with Gasteiger partial charge in [0.15, 0.2) is 0 Å². The summed E-state index contributed by atoms with van der Waals surface area (Å²) in [6, 6.07) is 6.52. The van der Waals surface area contributed by atoms with Gasteiger partial charge >= 0.3 is 0 Å². The lowest BCUT2D eigenvalue weighted by molar-refractivity contribution is -0.126. The van der Waals surface area contributed by atoms with Gasteiger partial charge in [-0.25, -0.2) is 4.83 Å². The first-order chi connectivity index (χ1) is 10.7. The van der Waals surface area contributed by atoms with E-state index in [1.165, 1.54) is 18.3 Å². The van der Waals surface area contributed by atoms with E-state index in [2.05, 4.69) is 9.93 Å². The lowest BCUT2D eigenvalue weighted by Gasteiger charge is -2.18. The molecule has 0 unspecified atom stereocenters. The van der Waals surface area contributed by atoms with Crippen molar-refractivity contribution in [1.29, 1.82) is 0 Å². The fraction of sp³-hybridized carbons (Fsp3) is 0.529. The monoisotopic (exact) mass is 336 g/mol. The van der Waals surface area contributed by atoms with Crippen LogP contribution in [-0.4, -0.2) is 20.4 Å². The Kier molecular flexibility index (Phi) is 4.94. The van der Waals surface area contributed by atoms with Gasteiger partial charge in [-0.15, -0.1) is 0 Å². The summed E-state index contributed by atoms with van der Waals surface area (Å²) in [7, 11) is -3.70. The molecule has 1 aliphatic rings. The Morgan fingerprint density at radius 1 is 1.30 bits per heavy atom. The lowest BCUT2D eigenvalue weighted by Crippen LogP contribution is -2.30. The summed E-state index contributed by atoms with van der Waals surface area (Å²) in [6.07, 6.45) is 2.97. The first-order valence-corrected chi connectivity index (χ1v) is 9.31. The Morgan fingerprint density at radius 3 is 2.43 bits per heavy atom. The third kappa shape index (κ3) is 3.80. The molecule has 0 bridgehead atoms. The average molecular weight is 336 g/mol. The van der Waals surface area contributed by atoms with Crippen LogP contribution in [0.15, 0.2) is 34.3 Å². The second-order valence-electron chi connectivity index (χ2n) is 6.84. The number of hydrazone groups is 1. The summed E-state index contributed by atoms with van der Waals surface area (Å²) in [4.78, 5) is 14.8. The van der Waals surface area contributed by atoms with Crippen molar-refractivity contribution in [1.82, 2.24) is 4.83 Å². The smallest absolute Gasteiger partial charge is 0.276 e. The van der Waals surface area contributed by atoms with Gasteiger partial charge in [-0.2, -0.15) is 13.5 Å². The van der Waals surface area contributed by atoms with Crippen LogP contribution < -0.4 is 4.83 Å². The van der Waals surface area contributed by atoms with Crippen molar-refractivity contribution in [2.24, 2.45) is 22.4 Å². The molecular formula is C17H24N2O3S. The van der Waals surface area contributed by atoms with E-state index in [1.807, 2.05) is 27.7 Å². The van der Waals surface area contributed by atoms with Crippen LogP contribution in [0.5, 0.6) is 0 Å². The molecule has 0 heterocycles. The molecule has 0 radical (unpaired) electrons. The van der Waals surface area contributed by atoms with Crippen LogP contribution in [0, 0.1) is 24.2 Å². The zero-order chi connectivity index (χ0) is 17.3. The third-order valence-corrected chi connectivity index (χ3v) is 5.77. The number of ketones is 1. The number of Topliss-reactive ketones (excluding diaryl/α,β-unsaturated/α-hetero) is 1. The molecule has 23 heavy (non-hydrogen) atoms. The Bertz CT molecular complexity index is 708. The highest BCUT2D eigenvalue weighted by Gasteiger charge is 2.44. The predicted molar refractivity (Wildman–Crippen MR) is 90.7 cm³/mol. The van der Waals surface area contributed by atoms with Gasteiger partial charge in [-0.3, -0.25) is 4.79 Å². The van der Waals surface area contributed by atoms with E-state index in [4.69, 9.17) is 0 Å². The van der Waals surface area contributed by atoms with E-state index in [9.17, 15) is 13.2 Å². The largest absolute Gasteiger partial charge is 0.298 e. The van der Waals surface area contributed by atoms with Gasteiger partial charge in [0.05, 0.1) is 10.3 Å². The SMILES string of the molecule is Cc1ccc(S(=O)(=O)N/N=C/[C@@]2(C)CC[C@H](C(C)C)C2=O)cc1. The molecule has 5 nitrogen and oxygen atoms in total.